The van der Waals surface area contributed by atoms with Gasteiger partial charge in [0.2, 0.25) is 0 Å². The molecule has 1 heterocycles. The molecule has 0 aliphatic heterocycles. The summed E-state index contributed by atoms with van der Waals surface area (Å²) in [6, 6.07) is 1.97. The summed E-state index contributed by atoms with van der Waals surface area (Å²) in [6.45, 7) is 0. The molecule has 0 radical (unpaired) electrons. The van der Waals surface area contributed by atoms with E-state index in [1.54, 1.807) is 20.4 Å². The first-order valence-corrected chi connectivity index (χ1v) is 5.53. The lowest BCUT2D eigenvalue weighted by Crippen LogP contribution is -2.22. The van der Waals surface area contributed by atoms with Gasteiger partial charge in [0.15, 0.2) is 5.75 Å². The summed E-state index contributed by atoms with van der Waals surface area (Å²) in [4.78, 5) is 4.11. The van der Waals surface area contributed by atoms with Crippen LogP contribution < -0.4 is 15.2 Å². The van der Waals surface area contributed by atoms with Gasteiger partial charge in [0, 0.05) is 17.3 Å². The monoisotopic (exact) mass is 222 g/mol. The lowest BCUT2D eigenvalue weighted by molar-refractivity contribution is 0.339. The van der Waals surface area contributed by atoms with Gasteiger partial charge in [-0.15, -0.1) is 0 Å². The first-order valence-electron chi connectivity index (χ1n) is 5.53. The zero-order valence-electron chi connectivity index (χ0n) is 9.82. The Morgan fingerprint density at radius 3 is 2.69 bits per heavy atom. The second kappa shape index (κ2) is 4.29. The minimum absolute atomic E-state index is 0.0709. The van der Waals surface area contributed by atoms with E-state index < -0.39 is 0 Å². The smallest absolute Gasteiger partial charge is 0.256 e. The van der Waals surface area contributed by atoms with Crippen LogP contribution in [0, 0.1) is 0 Å². The number of hydrogen-bond acceptors (Lipinski definition) is 4. The van der Waals surface area contributed by atoms with Crippen molar-refractivity contribution in [3.63, 3.8) is 0 Å². The van der Waals surface area contributed by atoms with E-state index >= 15 is 0 Å². The van der Waals surface area contributed by atoms with Crippen LogP contribution in [0.3, 0.4) is 0 Å². The molecule has 1 fully saturated rings. The SMILES string of the molecule is COc1nccc(CCC2(N)CC2)c1OC. The predicted octanol–water partition coefficient (Wildman–Crippen LogP) is 1.52. The van der Waals surface area contributed by atoms with Gasteiger partial charge in [-0.25, -0.2) is 4.98 Å². The normalized spacial score (nSPS) is 16.9. The summed E-state index contributed by atoms with van der Waals surface area (Å²) < 4.78 is 10.5. The highest BCUT2D eigenvalue weighted by atomic mass is 16.5. The van der Waals surface area contributed by atoms with Crippen molar-refractivity contribution in [2.24, 2.45) is 5.73 Å². The lowest BCUT2D eigenvalue weighted by Gasteiger charge is -2.13. The molecule has 0 amide bonds. The minimum atomic E-state index is 0.0709. The summed E-state index contributed by atoms with van der Waals surface area (Å²) in [5, 5.41) is 0. The number of aryl methyl sites for hydroxylation is 1. The molecule has 1 aliphatic rings. The first kappa shape index (κ1) is 11.2. The number of nitrogens with two attached hydrogens (primary N) is 1. The van der Waals surface area contributed by atoms with Gasteiger partial charge in [0.1, 0.15) is 0 Å². The second-order valence-electron chi connectivity index (χ2n) is 4.37. The topological polar surface area (TPSA) is 57.4 Å². The molecule has 1 saturated carbocycles. The van der Waals surface area contributed by atoms with Crippen LogP contribution in [-0.2, 0) is 6.42 Å². The summed E-state index contributed by atoms with van der Waals surface area (Å²) in [5.74, 6) is 1.27. The molecule has 4 nitrogen and oxygen atoms in total. The maximum absolute atomic E-state index is 6.07. The largest absolute Gasteiger partial charge is 0.491 e. The molecular formula is C12H18N2O2. The maximum atomic E-state index is 6.07. The van der Waals surface area contributed by atoms with Crippen LogP contribution >= 0.6 is 0 Å². The van der Waals surface area contributed by atoms with Crippen molar-refractivity contribution in [3.05, 3.63) is 17.8 Å². The molecule has 0 atom stereocenters. The van der Waals surface area contributed by atoms with Crippen LogP contribution in [0.4, 0.5) is 0 Å². The fourth-order valence-electron chi connectivity index (χ4n) is 1.82. The maximum Gasteiger partial charge on any atom is 0.256 e. The average molecular weight is 222 g/mol. The fourth-order valence-corrected chi connectivity index (χ4v) is 1.82. The third kappa shape index (κ3) is 2.27. The van der Waals surface area contributed by atoms with Crippen LogP contribution in [0.5, 0.6) is 11.6 Å². The zero-order chi connectivity index (χ0) is 11.6. The molecule has 88 valence electrons. The van der Waals surface area contributed by atoms with Gasteiger partial charge in [0.25, 0.3) is 5.88 Å². The molecule has 4 heteroatoms. The van der Waals surface area contributed by atoms with E-state index in [0.29, 0.717) is 5.88 Å². The standard InChI is InChI=1S/C12H18N2O2/c1-15-10-9(3-5-12(13)6-7-12)4-8-14-11(10)16-2/h4,8H,3,5-7,13H2,1-2H3. The third-order valence-electron chi connectivity index (χ3n) is 3.14. The Labute approximate surface area is 95.8 Å². The highest BCUT2D eigenvalue weighted by Gasteiger charge is 2.37. The number of pyridine rings is 1. The number of rotatable bonds is 5. The van der Waals surface area contributed by atoms with Crippen molar-refractivity contribution in [1.82, 2.24) is 4.98 Å². The van der Waals surface area contributed by atoms with Crippen molar-refractivity contribution < 1.29 is 9.47 Å². The van der Waals surface area contributed by atoms with Gasteiger partial charge in [-0.2, -0.15) is 0 Å². The first-order chi connectivity index (χ1) is 7.68. The van der Waals surface area contributed by atoms with Gasteiger partial charge in [-0.05, 0) is 31.7 Å². The summed E-state index contributed by atoms with van der Waals surface area (Å²) in [5.41, 5.74) is 7.26. The van der Waals surface area contributed by atoms with Crippen molar-refractivity contribution in [3.8, 4) is 11.6 Å². The fraction of sp³-hybridized carbons (Fsp3) is 0.583. The van der Waals surface area contributed by atoms with E-state index in [1.165, 1.54) is 0 Å². The minimum Gasteiger partial charge on any atom is -0.491 e. The van der Waals surface area contributed by atoms with Gasteiger partial charge in [0.05, 0.1) is 14.2 Å². The van der Waals surface area contributed by atoms with Crippen molar-refractivity contribution in [1.29, 1.82) is 0 Å². The van der Waals surface area contributed by atoms with Crippen molar-refractivity contribution in [2.75, 3.05) is 14.2 Å². The van der Waals surface area contributed by atoms with Gasteiger partial charge < -0.3 is 15.2 Å². The molecule has 1 aliphatic carbocycles. The summed E-state index contributed by atoms with van der Waals surface area (Å²) in [7, 11) is 3.23. The predicted molar refractivity (Wildman–Crippen MR) is 61.8 cm³/mol. The lowest BCUT2D eigenvalue weighted by atomic mass is 10.0. The van der Waals surface area contributed by atoms with Gasteiger partial charge >= 0.3 is 0 Å². The molecule has 2 rings (SSSR count). The third-order valence-corrected chi connectivity index (χ3v) is 3.14. The van der Waals surface area contributed by atoms with Gasteiger partial charge in [-0.1, -0.05) is 0 Å². The average Bonchev–Trinajstić information content (AvgIpc) is 3.04. The molecule has 1 aromatic rings. The molecule has 0 unspecified atom stereocenters. The van der Waals surface area contributed by atoms with E-state index in [2.05, 4.69) is 4.98 Å². The van der Waals surface area contributed by atoms with E-state index in [1.807, 2.05) is 6.07 Å². The molecule has 0 aromatic carbocycles. The Balaban J connectivity index is 2.12. The van der Waals surface area contributed by atoms with Crippen LogP contribution in [0.15, 0.2) is 12.3 Å². The number of nitrogens with zero attached hydrogens (tertiary/aromatic N) is 1. The number of aromatic nitrogens is 1. The Morgan fingerprint density at radius 2 is 2.12 bits per heavy atom. The Kier molecular flexibility index (Phi) is 3.01. The van der Waals surface area contributed by atoms with E-state index in [4.69, 9.17) is 15.2 Å². The summed E-state index contributed by atoms with van der Waals surface area (Å²) in [6.07, 6.45) is 5.93. The Bertz CT molecular complexity index is 375. The van der Waals surface area contributed by atoms with Crippen molar-refractivity contribution >= 4 is 0 Å². The Hall–Kier alpha value is -1.29. The molecule has 0 bridgehead atoms. The zero-order valence-corrected chi connectivity index (χ0v) is 9.82. The van der Waals surface area contributed by atoms with Gasteiger partial charge in [-0.3, -0.25) is 0 Å². The van der Waals surface area contributed by atoms with Crippen molar-refractivity contribution in [2.45, 2.75) is 31.2 Å². The highest BCUT2D eigenvalue weighted by Crippen LogP contribution is 2.38. The molecule has 0 saturated heterocycles. The van der Waals surface area contributed by atoms with E-state index in [9.17, 15) is 0 Å². The molecular weight excluding hydrogens is 204 g/mol. The molecule has 0 spiro atoms. The molecule has 16 heavy (non-hydrogen) atoms. The highest BCUT2D eigenvalue weighted by molar-refractivity contribution is 5.41. The number of methoxy groups -OCH3 is 2. The summed E-state index contributed by atoms with van der Waals surface area (Å²) >= 11 is 0. The van der Waals surface area contributed by atoms with E-state index in [-0.39, 0.29) is 5.54 Å². The number of hydrogen-bond donors (Lipinski definition) is 1. The quantitative estimate of drug-likeness (QED) is 0.820. The molecule has 2 N–H and O–H groups in total. The Morgan fingerprint density at radius 1 is 1.38 bits per heavy atom. The number of ether oxygens (including phenoxy) is 2. The van der Waals surface area contributed by atoms with Crippen LogP contribution in [0.2, 0.25) is 0 Å². The van der Waals surface area contributed by atoms with E-state index in [0.717, 1.165) is 37.0 Å². The van der Waals surface area contributed by atoms with Crippen LogP contribution in [0.25, 0.3) is 0 Å². The second-order valence-corrected chi connectivity index (χ2v) is 4.37. The van der Waals surface area contributed by atoms with Crippen LogP contribution in [0.1, 0.15) is 24.8 Å². The molecule has 1 aromatic heterocycles. The van der Waals surface area contributed by atoms with Crippen LogP contribution in [-0.4, -0.2) is 24.7 Å².